The van der Waals surface area contributed by atoms with Gasteiger partial charge in [-0.15, -0.1) is 0 Å². The Morgan fingerprint density at radius 3 is 2.44 bits per heavy atom. The maximum atomic E-state index is 8.85. The van der Waals surface area contributed by atoms with Crippen molar-refractivity contribution in [2.45, 2.75) is 46.6 Å². The highest BCUT2D eigenvalue weighted by molar-refractivity contribution is 4.91. The van der Waals surface area contributed by atoms with E-state index in [1.165, 1.54) is 6.42 Å². The topological polar surface area (TPSA) is 39.1 Å². The van der Waals surface area contributed by atoms with Gasteiger partial charge >= 0.3 is 0 Å². The fraction of sp³-hybridized carbons (Fsp3) is 0.923. The smallest absolute Gasteiger partial charge is 0.0684 e. The monoisotopic (exact) mass is 225 g/mol. The van der Waals surface area contributed by atoms with E-state index in [0.717, 1.165) is 26.1 Å². The highest BCUT2D eigenvalue weighted by Gasteiger charge is 2.15. The van der Waals surface area contributed by atoms with E-state index in [4.69, 9.17) is 5.26 Å². The first kappa shape index (κ1) is 15.4. The summed E-state index contributed by atoms with van der Waals surface area (Å²) in [5.41, 5.74) is -0.193. The first-order valence-corrected chi connectivity index (χ1v) is 6.21. The molecule has 0 radical (unpaired) electrons. The molecule has 0 rings (SSSR count). The Kier molecular flexibility index (Phi) is 7.36. The van der Waals surface area contributed by atoms with Crippen LogP contribution in [0.3, 0.4) is 0 Å². The van der Waals surface area contributed by atoms with Crippen LogP contribution in [-0.4, -0.2) is 37.6 Å². The van der Waals surface area contributed by atoms with Gasteiger partial charge in [0.1, 0.15) is 0 Å². The Balaban J connectivity index is 3.39. The lowest BCUT2D eigenvalue weighted by atomic mass is 9.91. The van der Waals surface area contributed by atoms with Crippen LogP contribution in [0.15, 0.2) is 0 Å². The summed E-state index contributed by atoms with van der Waals surface area (Å²) in [4.78, 5) is 2.35. The van der Waals surface area contributed by atoms with Crippen LogP contribution in [0.2, 0.25) is 0 Å². The minimum absolute atomic E-state index is 0.193. The summed E-state index contributed by atoms with van der Waals surface area (Å²) in [5.74, 6) is 0. The van der Waals surface area contributed by atoms with Crippen LogP contribution in [0.4, 0.5) is 0 Å². The van der Waals surface area contributed by atoms with Crippen molar-refractivity contribution in [2.24, 2.45) is 5.41 Å². The summed E-state index contributed by atoms with van der Waals surface area (Å²) in [6.45, 7) is 11.5. The number of nitrogens with zero attached hydrogens (tertiary/aromatic N) is 2. The van der Waals surface area contributed by atoms with E-state index < -0.39 is 0 Å². The molecule has 0 aliphatic rings. The summed E-state index contributed by atoms with van der Waals surface area (Å²) in [5, 5.41) is 12.2. The molecular weight excluding hydrogens is 198 g/mol. The maximum Gasteiger partial charge on any atom is 0.0684 e. The normalized spacial score (nSPS) is 12.1. The summed E-state index contributed by atoms with van der Waals surface area (Å²) < 4.78 is 0. The molecule has 0 aliphatic carbocycles. The van der Waals surface area contributed by atoms with Crippen LogP contribution in [0.5, 0.6) is 0 Å². The van der Waals surface area contributed by atoms with Crippen LogP contribution in [0.1, 0.15) is 40.5 Å². The summed E-state index contributed by atoms with van der Waals surface area (Å²) in [7, 11) is 2.16. The average Bonchev–Trinajstić information content (AvgIpc) is 2.22. The lowest BCUT2D eigenvalue weighted by Gasteiger charge is -2.21. The number of hydrogen-bond acceptors (Lipinski definition) is 3. The molecule has 1 N–H and O–H groups in total. The molecule has 0 fully saturated rings. The molecule has 16 heavy (non-hydrogen) atoms. The number of nitriles is 1. The van der Waals surface area contributed by atoms with Crippen molar-refractivity contribution in [3.05, 3.63) is 0 Å². The molecule has 3 heteroatoms. The van der Waals surface area contributed by atoms with Gasteiger partial charge in [0.15, 0.2) is 0 Å². The van der Waals surface area contributed by atoms with E-state index in [9.17, 15) is 0 Å². The Labute approximate surface area is 101 Å². The molecule has 0 aliphatic heterocycles. The Hall–Kier alpha value is -0.590. The van der Waals surface area contributed by atoms with Gasteiger partial charge in [-0.25, -0.2) is 0 Å². The molecule has 0 spiro atoms. The molecule has 0 atom stereocenters. The van der Waals surface area contributed by atoms with E-state index in [2.05, 4.69) is 37.2 Å². The Morgan fingerprint density at radius 1 is 1.31 bits per heavy atom. The standard InChI is InChI=1S/C13H27N3/c1-12(2)16(5)10-6-8-15-9-7-13(3,4)11-14/h12,15H,6-10H2,1-5H3. The van der Waals surface area contributed by atoms with Crippen LogP contribution in [0.25, 0.3) is 0 Å². The second-order valence-electron chi connectivity index (χ2n) is 5.42. The molecule has 0 aromatic rings. The van der Waals surface area contributed by atoms with E-state index >= 15 is 0 Å². The van der Waals surface area contributed by atoms with Crippen molar-refractivity contribution in [3.8, 4) is 6.07 Å². The van der Waals surface area contributed by atoms with Gasteiger partial charge in [-0.05, 0) is 67.2 Å². The second kappa shape index (κ2) is 7.65. The number of nitrogens with one attached hydrogen (secondary N) is 1. The average molecular weight is 225 g/mol. The van der Waals surface area contributed by atoms with Gasteiger partial charge in [0, 0.05) is 6.04 Å². The van der Waals surface area contributed by atoms with E-state index in [0.29, 0.717) is 6.04 Å². The third kappa shape index (κ3) is 7.67. The molecule has 0 saturated heterocycles. The minimum Gasteiger partial charge on any atom is -0.317 e. The van der Waals surface area contributed by atoms with E-state index in [1.54, 1.807) is 0 Å². The number of hydrogen-bond donors (Lipinski definition) is 1. The van der Waals surface area contributed by atoms with Gasteiger partial charge < -0.3 is 10.2 Å². The largest absolute Gasteiger partial charge is 0.317 e. The minimum atomic E-state index is -0.193. The highest BCUT2D eigenvalue weighted by atomic mass is 15.1. The second-order valence-corrected chi connectivity index (χ2v) is 5.42. The summed E-state index contributed by atoms with van der Waals surface area (Å²) in [6, 6.07) is 2.94. The van der Waals surface area contributed by atoms with Gasteiger partial charge in [0.25, 0.3) is 0 Å². The fourth-order valence-electron chi connectivity index (χ4n) is 1.29. The Bertz CT molecular complexity index is 216. The van der Waals surface area contributed by atoms with Crippen molar-refractivity contribution < 1.29 is 0 Å². The SMILES string of the molecule is CC(C)N(C)CCCNCCC(C)(C)C#N. The lowest BCUT2D eigenvalue weighted by molar-refractivity contribution is 0.269. The fourth-order valence-corrected chi connectivity index (χ4v) is 1.29. The van der Waals surface area contributed by atoms with Crippen LogP contribution < -0.4 is 5.32 Å². The van der Waals surface area contributed by atoms with Gasteiger partial charge in [0.2, 0.25) is 0 Å². The van der Waals surface area contributed by atoms with Crippen LogP contribution >= 0.6 is 0 Å². The van der Waals surface area contributed by atoms with Crippen molar-refractivity contribution in [3.63, 3.8) is 0 Å². The first-order valence-electron chi connectivity index (χ1n) is 6.21. The van der Waals surface area contributed by atoms with Crippen molar-refractivity contribution in [2.75, 3.05) is 26.7 Å². The molecular formula is C13H27N3. The zero-order valence-electron chi connectivity index (χ0n) is 11.5. The summed E-state index contributed by atoms with van der Waals surface area (Å²) >= 11 is 0. The molecule has 0 saturated carbocycles. The molecule has 0 aromatic heterocycles. The van der Waals surface area contributed by atoms with Gasteiger partial charge in [-0.1, -0.05) is 0 Å². The molecule has 0 unspecified atom stereocenters. The molecule has 94 valence electrons. The van der Waals surface area contributed by atoms with Gasteiger partial charge in [-0.3, -0.25) is 0 Å². The Morgan fingerprint density at radius 2 is 1.94 bits per heavy atom. The molecule has 3 nitrogen and oxygen atoms in total. The molecule has 0 bridgehead atoms. The molecule has 0 heterocycles. The van der Waals surface area contributed by atoms with Crippen LogP contribution in [0, 0.1) is 16.7 Å². The number of rotatable bonds is 8. The molecule has 0 aromatic carbocycles. The third-order valence-corrected chi connectivity index (χ3v) is 2.98. The molecule has 0 amide bonds. The van der Waals surface area contributed by atoms with Crippen molar-refractivity contribution in [1.82, 2.24) is 10.2 Å². The predicted octanol–water partition coefficient (Wildman–Crippen LogP) is 2.25. The van der Waals surface area contributed by atoms with E-state index in [-0.39, 0.29) is 5.41 Å². The summed E-state index contributed by atoms with van der Waals surface area (Å²) in [6.07, 6.45) is 2.09. The zero-order valence-corrected chi connectivity index (χ0v) is 11.5. The van der Waals surface area contributed by atoms with E-state index in [1.807, 2.05) is 13.8 Å². The highest BCUT2D eigenvalue weighted by Crippen LogP contribution is 2.16. The van der Waals surface area contributed by atoms with Crippen molar-refractivity contribution in [1.29, 1.82) is 5.26 Å². The first-order chi connectivity index (χ1) is 7.39. The lowest BCUT2D eigenvalue weighted by Crippen LogP contribution is -2.30. The van der Waals surface area contributed by atoms with Gasteiger partial charge in [0.05, 0.1) is 11.5 Å². The maximum absolute atomic E-state index is 8.85. The van der Waals surface area contributed by atoms with Crippen molar-refractivity contribution >= 4 is 0 Å². The van der Waals surface area contributed by atoms with Crippen LogP contribution in [-0.2, 0) is 0 Å². The quantitative estimate of drug-likeness (QED) is 0.644. The van der Waals surface area contributed by atoms with Gasteiger partial charge in [-0.2, -0.15) is 5.26 Å². The zero-order chi connectivity index (χ0) is 12.6. The predicted molar refractivity (Wildman–Crippen MR) is 69.3 cm³/mol. The third-order valence-electron chi connectivity index (χ3n) is 2.98.